The first kappa shape index (κ1) is 12.4. The van der Waals surface area contributed by atoms with Gasteiger partial charge < -0.3 is 10.1 Å². The van der Waals surface area contributed by atoms with Gasteiger partial charge in [-0.2, -0.15) is 0 Å². The summed E-state index contributed by atoms with van der Waals surface area (Å²) in [6, 6.07) is 12.4. The minimum atomic E-state index is 0.621. The van der Waals surface area contributed by atoms with Crippen molar-refractivity contribution in [1.29, 1.82) is 0 Å². The molecule has 3 heteroatoms. The molecule has 18 heavy (non-hydrogen) atoms. The summed E-state index contributed by atoms with van der Waals surface area (Å²) in [6.45, 7) is 5.44. The molecule has 1 aromatic heterocycles. The van der Waals surface area contributed by atoms with Crippen LogP contribution in [0.4, 0.5) is 5.69 Å². The van der Waals surface area contributed by atoms with Crippen molar-refractivity contribution in [3.8, 4) is 5.88 Å². The molecule has 0 spiro atoms. The number of hydrogen-bond acceptors (Lipinski definition) is 3. The Hall–Kier alpha value is -2.03. The fraction of sp³-hybridized carbons (Fsp3) is 0.267. The van der Waals surface area contributed by atoms with Crippen molar-refractivity contribution in [2.75, 3.05) is 11.9 Å². The van der Waals surface area contributed by atoms with Crippen LogP contribution in [0.25, 0.3) is 0 Å². The first-order valence-corrected chi connectivity index (χ1v) is 6.17. The molecule has 0 radical (unpaired) electrons. The van der Waals surface area contributed by atoms with E-state index in [1.807, 2.05) is 19.1 Å². The largest absolute Gasteiger partial charge is 0.476 e. The van der Waals surface area contributed by atoms with Gasteiger partial charge in [0.1, 0.15) is 0 Å². The van der Waals surface area contributed by atoms with Gasteiger partial charge >= 0.3 is 0 Å². The molecule has 0 saturated heterocycles. The Bertz CT molecular complexity index is 494. The number of aromatic nitrogens is 1. The van der Waals surface area contributed by atoms with Crippen molar-refractivity contribution >= 4 is 5.69 Å². The molecule has 0 amide bonds. The Morgan fingerprint density at radius 3 is 2.67 bits per heavy atom. The van der Waals surface area contributed by atoms with Gasteiger partial charge in [0.05, 0.1) is 12.3 Å². The van der Waals surface area contributed by atoms with Crippen LogP contribution in [0.3, 0.4) is 0 Å². The highest BCUT2D eigenvalue weighted by Crippen LogP contribution is 2.21. The van der Waals surface area contributed by atoms with Crippen molar-refractivity contribution in [1.82, 2.24) is 4.98 Å². The SMILES string of the molecule is CCOc1ncccc1NCc1ccc(C)cc1. The topological polar surface area (TPSA) is 34.1 Å². The molecule has 0 bridgehead atoms. The van der Waals surface area contributed by atoms with E-state index in [-0.39, 0.29) is 0 Å². The summed E-state index contributed by atoms with van der Waals surface area (Å²) >= 11 is 0. The summed E-state index contributed by atoms with van der Waals surface area (Å²) in [5, 5.41) is 3.35. The van der Waals surface area contributed by atoms with Crippen LogP contribution < -0.4 is 10.1 Å². The summed E-state index contributed by atoms with van der Waals surface area (Å²) in [6.07, 6.45) is 1.74. The van der Waals surface area contributed by atoms with E-state index in [1.165, 1.54) is 11.1 Å². The highest BCUT2D eigenvalue weighted by atomic mass is 16.5. The van der Waals surface area contributed by atoms with E-state index in [2.05, 4.69) is 41.5 Å². The summed E-state index contributed by atoms with van der Waals surface area (Å²) in [5.41, 5.74) is 3.45. The summed E-state index contributed by atoms with van der Waals surface area (Å²) < 4.78 is 5.47. The highest BCUT2D eigenvalue weighted by molar-refractivity contribution is 5.52. The zero-order chi connectivity index (χ0) is 12.8. The monoisotopic (exact) mass is 242 g/mol. The molecule has 1 N–H and O–H groups in total. The fourth-order valence-corrected chi connectivity index (χ4v) is 1.68. The molecule has 0 aliphatic rings. The lowest BCUT2D eigenvalue weighted by molar-refractivity contribution is 0.328. The molecular formula is C15H18N2O. The molecule has 0 fully saturated rings. The molecule has 0 aliphatic heterocycles. The van der Waals surface area contributed by atoms with Crippen LogP contribution in [0.2, 0.25) is 0 Å². The second kappa shape index (κ2) is 6.05. The van der Waals surface area contributed by atoms with Crippen molar-refractivity contribution in [2.45, 2.75) is 20.4 Å². The predicted molar refractivity (Wildman–Crippen MR) is 73.9 cm³/mol. The Labute approximate surface area is 108 Å². The molecule has 94 valence electrons. The number of benzene rings is 1. The van der Waals surface area contributed by atoms with Crippen LogP contribution in [0.1, 0.15) is 18.1 Å². The van der Waals surface area contributed by atoms with Crippen LogP contribution in [0.15, 0.2) is 42.6 Å². The number of hydrogen-bond donors (Lipinski definition) is 1. The lowest BCUT2D eigenvalue weighted by Gasteiger charge is -2.11. The molecule has 2 aromatic rings. The molecule has 0 aliphatic carbocycles. The lowest BCUT2D eigenvalue weighted by Crippen LogP contribution is -2.03. The van der Waals surface area contributed by atoms with E-state index < -0.39 is 0 Å². The minimum Gasteiger partial charge on any atom is -0.476 e. The lowest BCUT2D eigenvalue weighted by atomic mass is 10.1. The van der Waals surface area contributed by atoms with Crippen molar-refractivity contribution in [3.05, 3.63) is 53.7 Å². The van der Waals surface area contributed by atoms with Gasteiger partial charge in [-0.25, -0.2) is 4.98 Å². The Morgan fingerprint density at radius 1 is 1.17 bits per heavy atom. The maximum Gasteiger partial charge on any atom is 0.237 e. The quantitative estimate of drug-likeness (QED) is 0.872. The minimum absolute atomic E-state index is 0.621. The highest BCUT2D eigenvalue weighted by Gasteiger charge is 2.03. The van der Waals surface area contributed by atoms with Gasteiger partial charge in [0, 0.05) is 12.7 Å². The first-order chi connectivity index (χ1) is 8.79. The standard InChI is InChI=1S/C15H18N2O/c1-3-18-15-14(5-4-10-16-15)17-11-13-8-6-12(2)7-9-13/h4-10,17H,3,11H2,1-2H3. The van der Waals surface area contributed by atoms with Crippen molar-refractivity contribution < 1.29 is 4.74 Å². The third-order valence-electron chi connectivity index (χ3n) is 2.66. The van der Waals surface area contributed by atoms with Gasteiger partial charge in [-0.05, 0) is 31.5 Å². The van der Waals surface area contributed by atoms with Gasteiger partial charge in [0.2, 0.25) is 5.88 Å². The zero-order valence-corrected chi connectivity index (χ0v) is 10.8. The summed E-state index contributed by atoms with van der Waals surface area (Å²) in [7, 11) is 0. The smallest absolute Gasteiger partial charge is 0.237 e. The number of rotatable bonds is 5. The molecule has 0 unspecified atom stereocenters. The zero-order valence-electron chi connectivity index (χ0n) is 10.8. The van der Waals surface area contributed by atoms with Crippen LogP contribution >= 0.6 is 0 Å². The van der Waals surface area contributed by atoms with Gasteiger partial charge in [-0.15, -0.1) is 0 Å². The van der Waals surface area contributed by atoms with E-state index in [9.17, 15) is 0 Å². The van der Waals surface area contributed by atoms with Gasteiger partial charge in [0.15, 0.2) is 0 Å². The Kier molecular flexibility index (Phi) is 4.18. The number of nitrogens with zero attached hydrogens (tertiary/aromatic N) is 1. The van der Waals surface area contributed by atoms with E-state index in [4.69, 9.17) is 4.74 Å². The number of pyridine rings is 1. The first-order valence-electron chi connectivity index (χ1n) is 6.17. The molecule has 0 saturated carbocycles. The second-order valence-corrected chi connectivity index (χ2v) is 4.13. The number of nitrogens with one attached hydrogen (secondary N) is 1. The van der Waals surface area contributed by atoms with E-state index >= 15 is 0 Å². The molecule has 0 atom stereocenters. The van der Waals surface area contributed by atoms with Gasteiger partial charge in [-0.3, -0.25) is 0 Å². The predicted octanol–water partition coefficient (Wildman–Crippen LogP) is 3.40. The third-order valence-corrected chi connectivity index (χ3v) is 2.66. The summed E-state index contributed by atoms with van der Waals surface area (Å²) in [5.74, 6) is 0.659. The number of aryl methyl sites for hydroxylation is 1. The molecule has 1 heterocycles. The van der Waals surface area contributed by atoms with Crippen molar-refractivity contribution in [2.24, 2.45) is 0 Å². The van der Waals surface area contributed by atoms with E-state index in [0.717, 1.165) is 12.2 Å². The van der Waals surface area contributed by atoms with Crippen LogP contribution in [-0.4, -0.2) is 11.6 Å². The number of anilines is 1. The molecule has 2 rings (SSSR count). The maximum absolute atomic E-state index is 5.47. The van der Waals surface area contributed by atoms with Crippen LogP contribution in [0, 0.1) is 6.92 Å². The average Bonchev–Trinajstić information content (AvgIpc) is 2.40. The third kappa shape index (κ3) is 3.23. The maximum atomic E-state index is 5.47. The average molecular weight is 242 g/mol. The number of ether oxygens (including phenoxy) is 1. The molecule has 1 aromatic carbocycles. The molecular weight excluding hydrogens is 224 g/mol. The van der Waals surface area contributed by atoms with Crippen LogP contribution in [0.5, 0.6) is 5.88 Å². The summed E-state index contributed by atoms with van der Waals surface area (Å²) in [4.78, 5) is 4.21. The fourth-order valence-electron chi connectivity index (χ4n) is 1.68. The van der Waals surface area contributed by atoms with E-state index in [0.29, 0.717) is 12.5 Å². The van der Waals surface area contributed by atoms with Crippen LogP contribution in [-0.2, 0) is 6.54 Å². The van der Waals surface area contributed by atoms with E-state index in [1.54, 1.807) is 6.20 Å². The normalized spacial score (nSPS) is 10.1. The Balaban J connectivity index is 2.03. The molecule has 3 nitrogen and oxygen atoms in total. The van der Waals surface area contributed by atoms with Crippen molar-refractivity contribution in [3.63, 3.8) is 0 Å². The Morgan fingerprint density at radius 2 is 1.94 bits per heavy atom. The van der Waals surface area contributed by atoms with Gasteiger partial charge in [-0.1, -0.05) is 29.8 Å². The second-order valence-electron chi connectivity index (χ2n) is 4.13. The van der Waals surface area contributed by atoms with Gasteiger partial charge in [0.25, 0.3) is 0 Å².